The highest BCUT2D eigenvalue weighted by Crippen LogP contribution is 2.28. The Morgan fingerprint density at radius 3 is 2.47 bits per heavy atom. The van der Waals surface area contributed by atoms with Crippen LogP contribution in [0.15, 0.2) is 65.5 Å². The first-order chi connectivity index (χ1) is 14.7. The summed E-state index contributed by atoms with van der Waals surface area (Å²) < 4.78 is 8.23. The Kier molecular flexibility index (Phi) is 5.00. The lowest BCUT2D eigenvalue weighted by molar-refractivity contribution is 0.414. The third-order valence-corrected chi connectivity index (χ3v) is 5.89. The quantitative estimate of drug-likeness (QED) is 0.456. The third kappa shape index (κ3) is 3.47. The smallest absolute Gasteiger partial charge is 0.168 e. The van der Waals surface area contributed by atoms with Crippen molar-refractivity contribution in [3.63, 3.8) is 0 Å². The first kappa shape index (κ1) is 18.9. The van der Waals surface area contributed by atoms with E-state index in [9.17, 15) is 0 Å². The van der Waals surface area contributed by atoms with Gasteiger partial charge in [0.2, 0.25) is 0 Å². The number of rotatable bonds is 4. The van der Waals surface area contributed by atoms with E-state index in [4.69, 9.17) is 4.74 Å². The van der Waals surface area contributed by atoms with Crippen LogP contribution in [0, 0.1) is 0 Å². The zero-order valence-corrected chi connectivity index (χ0v) is 18.2. The van der Waals surface area contributed by atoms with E-state index in [2.05, 4.69) is 52.9 Å². The van der Waals surface area contributed by atoms with Crippen LogP contribution < -0.4 is 14.5 Å². The van der Waals surface area contributed by atoms with E-state index in [1.165, 1.54) is 5.69 Å². The van der Waals surface area contributed by atoms with Crippen LogP contribution in [0.25, 0.3) is 16.7 Å². The summed E-state index contributed by atoms with van der Waals surface area (Å²) in [6.07, 6.45) is 3.49. The van der Waals surface area contributed by atoms with E-state index in [1.54, 1.807) is 13.4 Å². The number of anilines is 2. The molecule has 0 saturated carbocycles. The molecule has 2 aromatic heterocycles. The van der Waals surface area contributed by atoms with Gasteiger partial charge in [-0.05, 0) is 30.3 Å². The fourth-order valence-corrected chi connectivity index (χ4v) is 4.25. The molecule has 152 valence electrons. The molecule has 0 radical (unpaired) electrons. The summed E-state index contributed by atoms with van der Waals surface area (Å²) in [6, 6.07) is 16.3. The third-order valence-electron chi connectivity index (χ3n) is 5.40. The number of ether oxygens (including phenoxy) is 1. The molecule has 1 aliphatic rings. The summed E-state index contributed by atoms with van der Waals surface area (Å²) in [6.45, 7) is 3.59. The van der Waals surface area contributed by atoms with Crippen molar-refractivity contribution < 1.29 is 4.74 Å². The van der Waals surface area contributed by atoms with E-state index in [1.807, 2.05) is 47.3 Å². The van der Waals surface area contributed by atoms with Crippen LogP contribution in [0.5, 0.6) is 5.75 Å². The van der Waals surface area contributed by atoms with E-state index >= 15 is 0 Å². The molecule has 7 nitrogen and oxygen atoms in total. The van der Waals surface area contributed by atoms with Gasteiger partial charge < -0.3 is 14.5 Å². The second kappa shape index (κ2) is 7.95. The van der Waals surface area contributed by atoms with Gasteiger partial charge in [-0.3, -0.25) is 0 Å². The number of hydrogen-bond acceptors (Lipinski definition) is 6. The zero-order valence-electron chi connectivity index (χ0n) is 16.6. The highest BCUT2D eigenvalue weighted by molar-refractivity contribution is 9.10. The summed E-state index contributed by atoms with van der Waals surface area (Å²) in [5, 5.41) is 5.55. The Labute approximate surface area is 183 Å². The predicted octanol–water partition coefficient (Wildman–Crippen LogP) is 3.91. The lowest BCUT2D eigenvalue weighted by atomic mass is 10.2. The predicted molar refractivity (Wildman–Crippen MR) is 122 cm³/mol. The first-order valence-corrected chi connectivity index (χ1v) is 10.6. The molecule has 8 heteroatoms. The molecule has 1 fully saturated rings. The highest BCUT2D eigenvalue weighted by Gasteiger charge is 2.22. The monoisotopic (exact) mass is 464 g/mol. The molecule has 1 aliphatic heterocycles. The van der Waals surface area contributed by atoms with Gasteiger partial charge in [0.05, 0.1) is 24.4 Å². The normalized spacial score (nSPS) is 14.3. The van der Waals surface area contributed by atoms with Gasteiger partial charge in [0.25, 0.3) is 0 Å². The summed E-state index contributed by atoms with van der Waals surface area (Å²) >= 11 is 3.53. The number of benzene rings is 2. The van der Waals surface area contributed by atoms with Crippen molar-refractivity contribution in [1.29, 1.82) is 0 Å². The second-order valence-corrected chi connectivity index (χ2v) is 8.06. The van der Waals surface area contributed by atoms with E-state index in [0.717, 1.165) is 58.9 Å². The minimum absolute atomic E-state index is 0.813. The van der Waals surface area contributed by atoms with Crippen molar-refractivity contribution >= 4 is 38.5 Å². The lowest BCUT2D eigenvalue weighted by Crippen LogP contribution is -2.46. The molecule has 0 atom stereocenters. The average Bonchev–Trinajstić information content (AvgIpc) is 3.24. The minimum atomic E-state index is 0.813. The Hall–Kier alpha value is -3.13. The summed E-state index contributed by atoms with van der Waals surface area (Å²) in [5.74, 6) is 1.82. The van der Waals surface area contributed by atoms with Gasteiger partial charge in [-0.15, -0.1) is 0 Å². The standard InChI is InChI=1S/C22H21BrN6O/c1-30-19-7-3-5-17(13-19)27-8-10-28(11-9-27)21-20-14-26-29(22(20)25-15-24-21)18-6-2-4-16(23)12-18/h2-7,12-15H,8-11H2,1H3. The van der Waals surface area contributed by atoms with Crippen LogP contribution in [-0.4, -0.2) is 53.0 Å². The number of fused-ring (bicyclic) bond motifs is 1. The zero-order chi connectivity index (χ0) is 20.5. The molecule has 0 bridgehead atoms. The maximum Gasteiger partial charge on any atom is 0.168 e. The minimum Gasteiger partial charge on any atom is -0.497 e. The lowest BCUT2D eigenvalue weighted by Gasteiger charge is -2.36. The Morgan fingerprint density at radius 2 is 1.67 bits per heavy atom. The molecular weight excluding hydrogens is 444 g/mol. The summed E-state index contributed by atoms with van der Waals surface area (Å²) in [4.78, 5) is 13.8. The molecule has 3 heterocycles. The number of hydrogen-bond donors (Lipinski definition) is 0. The number of nitrogens with zero attached hydrogens (tertiary/aromatic N) is 6. The van der Waals surface area contributed by atoms with Gasteiger partial charge in [-0.2, -0.15) is 5.10 Å². The van der Waals surface area contributed by atoms with E-state index in [0.29, 0.717) is 0 Å². The van der Waals surface area contributed by atoms with Crippen LogP contribution in [0.1, 0.15) is 0 Å². The number of halogens is 1. The summed E-state index contributed by atoms with van der Waals surface area (Å²) in [5.41, 5.74) is 2.96. The average molecular weight is 465 g/mol. The fraction of sp³-hybridized carbons (Fsp3) is 0.227. The SMILES string of the molecule is COc1cccc(N2CCN(c3ncnc4c3cnn4-c3cccc(Br)c3)CC2)c1. The molecule has 30 heavy (non-hydrogen) atoms. The molecular formula is C22H21BrN6O. The second-order valence-electron chi connectivity index (χ2n) is 7.15. The van der Waals surface area contributed by atoms with Gasteiger partial charge in [0.1, 0.15) is 17.9 Å². The Morgan fingerprint density at radius 1 is 0.900 bits per heavy atom. The van der Waals surface area contributed by atoms with Crippen molar-refractivity contribution in [2.75, 3.05) is 43.1 Å². The topological polar surface area (TPSA) is 59.3 Å². The Bertz CT molecular complexity index is 1190. The molecule has 4 aromatic rings. The number of methoxy groups -OCH3 is 1. The number of aromatic nitrogens is 4. The highest BCUT2D eigenvalue weighted by atomic mass is 79.9. The van der Waals surface area contributed by atoms with Crippen LogP contribution in [0.3, 0.4) is 0 Å². The Balaban J connectivity index is 1.40. The van der Waals surface area contributed by atoms with Gasteiger partial charge in [-0.25, -0.2) is 14.6 Å². The van der Waals surface area contributed by atoms with Crippen molar-refractivity contribution in [3.05, 3.63) is 65.5 Å². The van der Waals surface area contributed by atoms with E-state index in [-0.39, 0.29) is 0 Å². The molecule has 0 aliphatic carbocycles. The van der Waals surface area contributed by atoms with Gasteiger partial charge in [0, 0.05) is 42.4 Å². The van der Waals surface area contributed by atoms with Crippen LogP contribution in [0.2, 0.25) is 0 Å². The molecule has 0 spiro atoms. The van der Waals surface area contributed by atoms with Crippen molar-refractivity contribution in [1.82, 2.24) is 19.7 Å². The van der Waals surface area contributed by atoms with Crippen LogP contribution in [0.4, 0.5) is 11.5 Å². The molecule has 0 amide bonds. The largest absolute Gasteiger partial charge is 0.497 e. The maximum atomic E-state index is 5.36. The van der Waals surface area contributed by atoms with E-state index < -0.39 is 0 Å². The van der Waals surface area contributed by atoms with Crippen molar-refractivity contribution in [2.24, 2.45) is 0 Å². The number of piperazine rings is 1. The van der Waals surface area contributed by atoms with Crippen molar-refractivity contribution in [2.45, 2.75) is 0 Å². The van der Waals surface area contributed by atoms with Gasteiger partial charge >= 0.3 is 0 Å². The molecule has 2 aromatic carbocycles. The summed E-state index contributed by atoms with van der Waals surface area (Å²) in [7, 11) is 1.70. The van der Waals surface area contributed by atoms with Crippen molar-refractivity contribution in [3.8, 4) is 11.4 Å². The first-order valence-electron chi connectivity index (χ1n) is 9.81. The maximum absolute atomic E-state index is 5.36. The molecule has 0 unspecified atom stereocenters. The van der Waals surface area contributed by atoms with Gasteiger partial charge in [0.15, 0.2) is 5.65 Å². The van der Waals surface area contributed by atoms with Gasteiger partial charge in [-0.1, -0.05) is 28.1 Å². The molecule has 1 saturated heterocycles. The van der Waals surface area contributed by atoms with Crippen LogP contribution in [-0.2, 0) is 0 Å². The molecule has 5 rings (SSSR count). The molecule has 0 N–H and O–H groups in total. The fourth-order valence-electron chi connectivity index (χ4n) is 3.86. The van der Waals surface area contributed by atoms with Crippen LogP contribution >= 0.6 is 15.9 Å².